The van der Waals surface area contributed by atoms with Gasteiger partial charge in [-0.1, -0.05) is 24.3 Å². The molecule has 0 bridgehead atoms. The Balaban J connectivity index is 2.12. The molecule has 2 heterocycles. The number of hydrogen-bond donors (Lipinski definition) is 0. The topological polar surface area (TPSA) is 43.6 Å². The van der Waals surface area contributed by atoms with Crippen LogP contribution in [-0.2, 0) is 4.74 Å². The number of rotatable bonds is 2. The molecule has 100 valence electrons. The second kappa shape index (κ2) is 4.81. The van der Waals surface area contributed by atoms with E-state index in [1.807, 2.05) is 35.0 Å². The van der Waals surface area contributed by atoms with Crippen LogP contribution in [-0.4, -0.2) is 22.5 Å². The number of methoxy groups -OCH3 is 1. The van der Waals surface area contributed by atoms with E-state index in [1.165, 1.54) is 12.7 Å². The monoisotopic (exact) mass is 266 g/mol. The van der Waals surface area contributed by atoms with Crippen molar-refractivity contribution in [2.75, 3.05) is 7.11 Å². The van der Waals surface area contributed by atoms with Gasteiger partial charge >= 0.3 is 5.97 Å². The highest BCUT2D eigenvalue weighted by Gasteiger charge is 2.10. The zero-order valence-electron chi connectivity index (χ0n) is 11.3. The van der Waals surface area contributed by atoms with Gasteiger partial charge in [0.2, 0.25) is 0 Å². The lowest BCUT2D eigenvalue weighted by Crippen LogP contribution is -2.01. The largest absolute Gasteiger partial charge is 0.465 e. The van der Waals surface area contributed by atoms with Gasteiger partial charge in [0.1, 0.15) is 5.65 Å². The Bertz CT molecular complexity index is 790. The van der Waals surface area contributed by atoms with Crippen molar-refractivity contribution in [3.63, 3.8) is 0 Å². The fraction of sp³-hybridized carbons (Fsp3) is 0.125. The number of imidazole rings is 1. The number of hydrogen-bond acceptors (Lipinski definition) is 3. The van der Waals surface area contributed by atoms with Crippen molar-refractivity contribution in [2.45, 2.75) is 6.92 Å². The van der Waals surface area contributed by atoms with Gasteiger partial charge in [0, 0.05) is 18.0 Å². The Morgan fingerprint density at radius 3 is 2.80 bits per heavy atom. The van der Waals surface area contributed by atoms with Crippen LogP contribution in [0.3, 0.4) is 0 Å². The SMILES string of the molecule is COC(=O)c1ccn2cc(-c3ccccc3C)nc2c1. The number of esters is 1. The van der Waals surface area contributed by atoms with Crippen molar-refractivity contribution < 1.29 is 9.53 Å². The molecule has 0 fully saturated rings. The molecule has 0 unspecified atom stereocenters. The highest BCUT2D eigenvalue weighted by atomic mass is 16.5. The molecule has 0 N–H and O–H groups in total. The van der Waals surface area contributed by atoms with Crippen LogP contribution in [0.2, 0.25) is 0 Å². The van der Waals surface area contributed by atoms with Crippen LogP contribution >= 0.6 is 0 Å². The fourth-order valence-corrected chi connectivity index (χ4v) is 2.22. The number of aromatic nitrogens is 2. The minimum atomic E-state index is -0.354. The molecule has 0 saturated carbocycles. The Morgan fingerprint density at radius 1 is 1.25 bits per heavy atom. The summed E-state index contributed by atoms with van der Waals surface area (Å²) in [5.41, 5.74) is 4.39. The Labute approximate surface area is 116 Å². The van der Waals surface area contributed by atoms with E-state index >= 15 is 0 Å². The Hall–Kier alpha value is -2.62. The predicted molar refractivity (Wildman–Crippen MR) is 76.7 cm³/mol. The number of benzene rings is 1. The smallest absolute Gasteiger partial charge is 0.338 e. The first-order valence-corrected chi connectivity index (χ1v) is 6.32. The molecule has 4 heteroatoms. The lowest BCUT2D eigenvalue weighted by Gasteiger charge is -1.99. The van der Waals surface area contributed by atoms with Gasteiger partial charge in [-0.15, -0.1) is 0 Å². The van der Waals surface area contributed by atoms with Crippen LogP contribution < -0.4 is 0 Å². The summed E-state index contributed by atoms with van der Waals surface area (Å²) in [6.45, 7) is 2.05. The number of pyridine rings is 1. The molecule has 0 saturated heterocycles. The van der Waals surface area contributed by atoms with Gasteiger partial charge in [-0.2, -0.15) is 0 Å². The summed E-state index contributed by atoms with van der Waals surface area (Å²) in [4.78, 5) is 16.1. The summed E-state index contributed by atoms with van der Waals surface area (Å²) in [5.74, 6) is -0.354. The predicted octanol–water partition coefficient (Wildman–Crippen LogP) is 3.10. The van der Waals surface area contributed by atoms with Crippen molar-refractivity contribution in [3.8, 4) is 11.3 Å². The second-order valence-electron chi connectivity index (χ2n) is 4.61. The fourth-order valence-electron chi connectivity index (χ4n) is 2.22. The van der Waals surface area contributed by atoms with Gasteiger partial charge in [0.25, 0.3) is 0 Å². The van der Waals surface area contributed by atoms with Crippen molar-refractivity contribution in [2.24, 2.45) is 0 Å². The van der Waals surface area contributed by atoms with Crippen molar-refractivity contribution in [1.82, 2.24) is 9.38 Å². The van der Waals surface area contributed by atoms with E-state index in [0.29, 0.717) is 5.56 Å². The van der Waals surface area contributed by atoms with E-state index in [4.69, 9.17) is 4.74 Å². The van der Waals surface area contributed by atoms with Crippen LogP contribution in [0.1, 0.15) is 15.9 Å². The van der Waals surface area contributed by atoms with Gasteiger partial charge < -0.3 is 9.14 Å². The maximum absolute atomic E-state index is 11.5. The number of ether oxygens (including phenoxy) is 1. The van der Waals surface area contributed by atoms with Gasteiger partial charge in [0.05, 0.1) is 18.4 Å². The molecule has 4 nitrogen and oxygen atoms in total. The summed E-state index contributed by atoms with van der Waals surface area (Å²) >= 11 is 0. The third kappa shape index (κ3) is 2.05. The molecule has 0 aliphatic rings. The molecule has 0 amide bonds. The summed E-state index contributed by atoms with van der Waals surface area (Å²) in [7, 11) is 1.37. The summed E-state index contributed by atoms with van der Waals surface area (Å²) in [6, 6.07) is 11.5. The summed E-state index contributed by atoms with van der Waals surface area (Å²) in [6.07, 6.45) is 3.77. The van der Waals surface area contributed by atoms with E-state index in [1.54, 1.807) is 12.1 Å². The molecule has 0 aliphatic carbocycles. The number of carbonyl (C=O) groups is 1. The van der Waals surface area contributed by atoms with Crippen LogP contribution in [0.4, 0.5) is 0 Å². The Morgan fingerprint density at radius 2 is 2.05 bits per heavy atom. The number of carbonyl (C=O) groups excluding carboxylic acids is 1. The number of fused-ring (bicyclic) bond motifs is 1. The average Bonchev–Trinajstić information content (AvgIpc) is 2.89. The molecule has 0 radical (unpaired) electrons. The van der Waals surface area contributed by atoms with E-state index in [0.717, 1.165) is 16.9 Å². The number of nitrogens with zero attached hydrogens (tertiary/aromatic N) is 2. The van der Waals surface area contributed by atoms with Crippen molar-refractivity contribution >= 4 is 11.6 Å². The molecule has 1 aromatic carbocycles. The second-order valence-corrected chi connectivity index (χ2v) is 4.61. The molecular weight excluding hydrogens is 252 g/mol. The lowest BCUT2D eigenvalue weighted by molar-refractivity contribution is 0.0600. The van der Waals surface area contributed by atoms with Gasteiger partial charge in [0.15, 0.2) is 0 Å². The van der Waals surface area contributed by atoms with Gasteiger partial charge in [-0.25, -0.2) is 9.78 Å². The Kier molecular flexibility index (Phi) is 2.99. The van der Waals surface area contributed by atoms with Crippen molar-refractivity contribution in [3.05, 3.63) is 59.9 Å². The van der Waals surface area contributed by atoms with Crippen LogP contribution in [0.25, 0.3) is 16.9 Å². The molecule has 0 spiro atoms. The van der Waals surface area contributed by atoms with Crippen LogP contribution in [0.5, 0.6) is 0 Å². The zero-order valence-corrected chi connectivity index (χ0v) is 11.3. The molecule has 0 aliphatic heterocycles. The third-order valence-electron chi connectivity index (χ3n) is 3.30. The van der Waals surface area contributed by atoms with Crippen LogP contribution in [0, 0.1) is 6.92 Å². The van der Waals surface area contributed by atoms with Gasteiger partial charge in [-0.3, -0.25) is 0 Å². The molecule has 20 heavy (non-hydrogen) atoms. The van der Waals surface area contributed by atoms with E-state index in [2.05, 4.69) is 18.0 Å². The summed E-state index contributed by atoms with van der Waals surface area (Å²) < 4.78 is 6.62. The molecule has 3 aromatic rings. The molecule has 2 aromatic heterocycles. The maximum atomic E-state index is 11.5. The highest BCUT2D eigenvalue weighted by molar-refractivity contribution is 5.90. The molecular formula is C16H14N2O2. The quantitative estimate of drug-likeness (QED) is 0.669. The molecule has 3 rings (SSSR count). The maximum Gasteiger partial charge on any atom is 0.338 e. The first kappa shape index (κ1) is 12.4. The third-order valence-corrected chi connectivity index (χ3v) is 3.30. The first-order chi connectivity index (χ1) is 9.69. The number of aryl methyl sites for hydroxylation is 1. The van der Waals surface area contributed by atoms with Gasteiger partial charge in [-0.05, 0) is 24.6 Å². The summed E-state index contributed by atoms with van der Waals surface area (Å²) in [5, 5.41) is 0. The lowest BCUT2D eigenvalue weighted by atomic mass is 10.1. The minimum Gasteiger partial charge on any atom is -0.465 e. The highest BCUT2D eigenvalue weighted by Crippen LogP contribution is 2.23. The normalized spacial score (nSPS) is 10.7. The van der Waals surface area contributed by atoms with E-state index < -0.39 is 0 Å². The van der Waals surface area contributed by atoms with E-state index in [-0.39, 0.29) is 5.97 Å². The van der Waals surface area contributed by atoms with Crippen molar-refractivity contribution in [1.29, 1.82) is 0 Å². The van der Waals surface area contributed by atoms with Crippen LogP contribution in [0.15, 0.2) is 48.8 Å². The van der Waals surface area contributed by atoms with E-state index in [9.17, 15) is 4.79 Å². The first-order valence-electron chi connectivity index (χ1n) is 6.32. The standard InChI is InChI=1S/C16H14N2O2/c1-11-5-3-4-6-13(11)14-10-18-8-7-12(16(19)20-2)9-15(18)17-14/h3-10H,1-2H3. The minimum absolute atomic E-state index is 0.354. The zero-order chi connectivity index (χ0) is 14.1. The molecule has 0 atom stereocenters. The average molecular weight is 266 g/mol.